The topological polar surface area (TPSA) is 89.5 Å². The molecular formula is C28H46O8P2. The second-order valence-electron chi connectivity index (χ2n) is 8.81. The summed E-state index contributed by atoms with van der Waals surface area (Å²) in [5.74, 6) is 1.30. The fourth-order valence-electron chi connectivity index (χ4n) is 4.19. The van der Waals surface area contributed by atoms with Crippen molar-refractivity contribution in [3.05, 3.63) is 35.4 Å². The Balaban J connectivity index is 2.80. The van der Waals surface area contributed by atoms with Gasteiger partial charge in [-0.15, -0.1) is 0 Å². The van der Waals surface area contributed by atoms with Crippen LogP contribution in [0.2, 0.25) is 0 Å². The minimum Gasteiger partial charge on any atom is -0.493 e. The molecule has 0 radical (unpaired) electrons. The summed E-state index contributed by atoms with van der Waals surface area (Å²) < 4.78 is 62.1. The van der Waals surface area contributed by atoms with Gasteiger partial charge in [-0.2, -0.15) is 0 Å². The molecule has 0 bridgehead atoms. The molecule has 0 aromatic heterocycles. The molecule has 2 aromatic rings. The summed E-state index contributed by atoms with van der Waals surface area (Å²) in [6.07, 6.45) is 3.91. The van der Waals surface area contributed by atoms with Gasteiger partial charge in [0.05, 0.1) is 52.0 Å². The average Bonchev–Trinajstić information content (AvgIpc) is 2.87. The van der Waals surface area contributed by atoms with E-state index in [4.69, 9.17) is 27.6 Å². The molecule has 0 amide bonds. The maximum absolute atomic E-state index is 13.6. The summed E-state index contributed by atoms with van der Waals surface area (Å²) in [6.45, 7) is 13.5. The van der Waals surface area contributed by atoms with Gasteiger partial charge < -0.3 is 27.6 Å². The summed E-state index contributed by atoms with van der Waals surface area (Å²) in [5, 5.41) is 1.51. The maximum Gasteiger partial charge on any atom is 0.335 e. The molecule has 0 aliphatic carbocycles. The Kier molecular flexibility index (Phi) is 14.4. The highest BCUT2D eigenvalue weighted by molar-refractivity contribution is 7.53. The molecule has 8 nitrogen and oxygen atoms in total. The van der Waals surface area contributed by atoms with Gasteiger partial charge in [0.1, 0.15) is 11.5 Å². The molecule has 0 spiro atoms. The SMILES string of the molecule is CCCCOc1ccc(CP(=O)(OCC)OCC)c2c(OCCCC)ccc(CP(=O)(OCC)OCC)c12. The first-order chi connectivity index (χ1) is 18.3. The summed E-state index contributed by atoms with van der Waals surface area (Å²) in [7, 11) is -6.83. The zero-order valence-corrected chi connectivity index (χ0v) is 25.7. The van der Waals surface area contributed by atoms with Gasteiger partial charge in [0, 0.05) is 10.8 Å². The molecule has 0 N–H and O–H groups in total. The quantitative estimate of drug-likeness (QED) is 0.115. The van der Waals surface area contributed by atoms with E-state index < -0.39 is 15.2 Å². The van der Waals surface area contributed by atoms with Crippen LogP contribution in [0, 0.1) is 0 Å². The standard InChI is InChI=1S/C28H46O8P2/c1-7-13-19-31-25-17-15-24(22-38(30,35-11-5)36-12-6)28-26(32-20-14-8-2)18-16-23(27(25)28)21-37(29,33-9-3)34-10-4/h15-18H,7-14,19-22H2,1-6H3. The number of hydrogen-bond acceptors (Lipinski definition) is 8. The summed E-state index contributed by atoms with van der Waals surface area (Å²) in [5.41, 5.74) is 1.51. The van der Waals surface area contributed by atoms with Crippen molar-refractivity contribution in [2.45, 2.75) is 79.5 Å². The Morgan fingerprint density at radius 2 is 0.895 bits per heavy atom. The minimum atomic E-state index is -3.42. The molecule has 0 atom stereocenters. The van der Waals surface area contributed by atoms with E-state index in [0.717, 1.165) is 47.6 Å². The largest absolute Gasteiger partial charge is 0.493 e. The fraction of sp³-hybridized carbons (Fsp3) is 0.643. The van der Waals surface area contributed by atoms with E-state index >= 15 is 0 Å². The molecule has 2 rings (SSSR count). The van der Waals surface area contributed by atoms with Crippen molar-refractivity contribution >= 4 is 26.0 Å². The Morgan fingerprint density at radius 3 is 1.18 bits per heavy atom. The molecule has 0 saturated carbocycles. The number of fused-ring (bicyclic) bond motifs is 1. The van der Waals surface area contributed by atoms with Crippen LogP contribution in [0.4, 0.5) is 0 Å². The zero-order chi connectivity index (χ0) is 28.0. The van der Waals surface area contributed by atoms with Gasteiger partial charge in [-0.1, -0.05) is 38.8 Å². The smallest absolute Gasteiger partial charge is 0.335 e. The first-order valence-corrected chi connectivity index (χ1v) is 17.3. The van der Waals surface area contributed by atoms with Crippen LogP contribution in [0.15, 0.2) is 24.3 Å². The highest BCUT2D eigenvalue weighted by atomic mass is 31.2. The lowest BCUT2D eigenvalue weighted by atomic mass is 9.99. The van der Waals surface area contributed by atoms with Gasteiger partial charge >= 0.3 is 15.2 Å². The summed E-state index contributed by atoms with van der Waals surface area (Å²) in [6, 6.07) is 7.55. The fourth-order valence-corrected chi connectivity index (χ4v) is 7.64. The average molecular weight is 573 g/mol. The second-order valence-corrected chi connectivity index (χ2v) is 12.9. The van der Waals surface area contributed by atoms with Crippen molar-refractivity contribution in [3.63, 3.8) is 0 Å². The van der Waals surface area contributed by atoms with Gasteiger partial charge in [0.2, 0.25) is 0 Å². The van der Waals surface area contributed by atoms with E-state index in [-0.39, 0.29) is 38.8 Å². The molecule has 216 valence electrons. The van der Waals surface area contributed by atoms with Crippen molar-refractivity contribution in [2.75, 3.05) is 39.6 Å². The third-order valence-corrected chi connectivity index (χ3v) is 9.86. The predicted octanol–water partition coefficient (Wildman–Crippen LogP) is 8.73. The van der Waals surface area contributed by atoms with Crippen LogP contribution in [0.1, 0.15) is 78.4 Å². The molecule has 2 aromatic carbocycles. The van der Waals surface area contributed by atoms with Gasteiger partial charge in [0.25, 0.3) is 0 Å². The first-order valence-electron chi connectivity index (χ1n) is 13.9. The van der Waals surface area contributed by atoms with Crippen LogP contribution >= 0.6 is 15.2 Å². The molecular weight excluding hydrogens is 526 g/mol. The van der Waals surface area contributed by atoms with Crippen molar-refractivity contribution in [1.82, 2.24) is 0 Å². The lowest BCUT2D eigenvalue weighted by Crippen LogP contribution is -2.06. The van der Waals surface area contributed by atoms with Crippen LogP contribution in [-0.2, 0) is 39.5 Å². The van der Waals surface area contributed by atoms with Gasteiger partial charge in [-0.05, 0) is 63.8 Å². The lowest BCUT2D eigenvalue weighted by molar-refractivity contribution is 0.218. The van der Waals surface area contributed by atoms with Crippen LogP contribution in [0.5, 0.6) is 11.5 Å². The highest BCUT2D eigenvalue weighted by Crippen LogP contribution is 2.56. The second kappa shape index (κ2) is 16.6. The van der Waals surface area contributed by atoms with Gasteiger partial charge in [-0.3, -0.25) is 9.13 Å². The van der Waals surface area contributed by atoms with Gasteiger partial charge in [0.15, 0.2) is 0 Å². The van der Waals surface area contributed by atoms with E-state index in [1.165, 1.54) is 0 Å². The Morgan fingerprint density at radius 1 is 0.553 bits per heavy atom. The normalized spacial score (nSPS) is 12.3. The van der Waals surface area contributed by atoms with Crippen LogP contribution in [-0.4, -0.2) is 39.6 Å². The Hall–Kier alpha value is -1.40. The van der Waals surface area contributed by atoms with Crippen LogP contribution in [0.3, 0.4) is 0 Å². The lowest BCUT2D eigenvalue weighted by Gasteiger charge is -2.23. The molecule has 0 aliphatic rings. The number of benzene rings is 2. The highest BCUT2D eigenvalue weighted by Gasteiger charge is 2.30. The third kappa shape index (κ3) is 9.36. The van der Waals surface area contributed by atoms with E-state index in [2.05, 4.69) is 13.8 Å². The molecule has 0 saturated heterocycles. The zero-order valence-electron chi connectivity index (χ0n) is 24.0. The van der Waals surface area contributed by atoms with Crippen molar-refractivity contribution < 1.29 is 36.7 Å². The maximum atomic E-state index is 13.6. The molecule has 0 heterocycles. The number of ether oxygens (including phenoxy) is 2. The molecule has 10 heteroatoms. The van der Waals surface area contributed by atoms with E-state index in [1.54, 1.807) is 27.7 Å². The summed E-state index contributed by atoms with van der Waals surface area (Å²) in [4.78, 5) is 0. The van der Waals surface area contributed by atoms with Crippen LogP contribution in [0.25, 0.3) is 10.8 Å². The third-order valence-electron chi connectivity index (χ3n) is 5.80. The number of unbranched alkanes of at least 4 members (excludes halogenated alkanes) is 2. The summed E-state index contributed by atoms with van der Waals surface area (Å²) >= 11 is 0. The minimum absolute atomic E-state index is 0.0720. The van der Waals surface area contributed by atoms with E-state index in [1.807, 2.05) is 24.3 Å². The van der Waals surface area contributed by atoms with E-state index in [9.17, 15) is 9.13 Å². The molecule has 0 unspecified atom stereocenters. The monoisotopic (exact) mass is 572 g/mol. The Labute approximate surface area is 228 Å². The molecule has 0 fully saturated rings. The molecule has 0 aliphatic heterocycles. The first kappa shape index (κ1) is 32.8. The Bertz CT molecular complexity index is 983. The van der Waals surface area contributed by atoms with Gasteiger partial charge in [-0.25, -0.2) is 0 Å². The molecule has 38 heavy (non-hydrogen) atoms. The van der Waals surface area contributed by atoms with Crippen molar-refractivity contribution in [1.29, 1.82) is 0 Å². The van der Waals surface area contributed by atoms with Crippen molar-refractivity contribution in [3.8, 4) is 11.5 Å². The number of hydrogen-bond donors (Lipinski definition) is 0. The number of rotatable bonds is 20. The predicted molar refractivity (Wildman–Crippen MR) is 154 cm³/mol. The van der Waals surface area contributed by atoms with Crippen molar-refractivity contribution in [2.24, 2.45) is 0 Å². The van der Waals surface area contributed by atoms with Crippen LogP contribution < -0.4 is 9.47 Å². The van der Waals surface area contributed by atoms with E-state index in [0.29, 0.717) is 24.7 Å².